The molecule has 2 aromatic carbocycles. The van der Waals surface area contributed by atoms with E-state index in [1.807, 2.05) is 48.5 Å². The van der Waals surface area contributed by atoms with Crippen molar-refractivity contribution in [1.82, 2.24) is 20.5 Å². The minimum atomic E-state index is 0.0540. The van der Waals surface area contributed by atoms with Crippen LogP contribution in [-0.4, -0.2) is 32.9 Å². The molecule has 2 saturated carbocycles. The number of rotatable bonds is 6. The van der Waals surface area contributed by atoms with E-state index in [-0.39, 0.29) is 5.91 Å². The van der Waals surface area contributed by atoms with Gasteiger partial charge in [0.2, 0.25) is 11.1 Å². The first kappa shape index (κ1) is 22.0. The lowest BCUT2D eigenvalue weighted by molar-refractivity contribution is -0.119. The molecule has 1 N–H and O–H groups in total. The molecule has 8 heteroatoms. The number of halogens is 2. The van der Waals surface area contributed by atoms with Gasteiger partial charge in [-0.05, 0) is 55.4 Å². The number of fused-ring (bicyclic) bond motifs is 2. The predicted molar refractivity (Wildman–Crippen MR) is 134 cm³/mol. The number of carbonyl (C=O) groups is 1. The number of benzene rings is 2. The van der Waals surface area contributed by atoms with Gasteiger partial charge in [0.1, 0.15) is 11.4 Å². The third-order valence-corrected chi connectivity index (χ3v) is 8.21. The van der Waals surface area contributed by atoms with Crippen molar-refractivity contribution in [2.45, 2.75) is 36.9 Å². The van der Waals surface area contributed by atoms with Gasteiger partial charge in [0.15, 0.2) is 0 Å². The Hall–Kier alpha value is -1.77. The number of hydrogen-bond donors (Lipinski definition) is 1. The molecule has 0 unspecified atom stereocenters. The normalized spacial score (nSPS) is 21.6. The molecular weight excluding hydrogens is 552 g/mol. The Kier molecular flexibility index (Phi) is 6.62. The van der Waals surface area contributed by atoms with Gasteiger partial charge in [-0.3, -0.25) is 4.79 Å². The monoisotopic (exact) mass is 572 g/mol. The first-order valence-corrected chi connectivity index (χ1v) is 13.3. The molecule has 0 spiro atoms. The number of hydrogen-bond acceptors (Lipinski definition) is 5. The minimum Gasteiger partial charge on any atom is -0.352 e. The van der Waals surface area contributed by atoms with E-state index in [4.69, 9.17) is 4.98 Å². The van der Waals surface area contributed by atoms with E-state index in [1.54, 1.807) is 0 Å². The molecule has 0 aliphatic heterocycles. The van der Waals surface area contributed by atoms with Gasteiger partial charge in [-0.1, -0.05) is 74.3 Å². The molecule has 0 radical (unpaired) electrons. The second-order valence-corrected chi connectivity index (χ2v) is 11.2. The van der Waals surface area contributed by atoms with Crippen LogP contribution in [0.25, 0.3) is 22.5 Å². The Morgan fingerprint density at radius 2 is 1.56 bits per heavy atom. The lowest BCUT2D eigenvalue weighted by atomic mass is 9.95. The van der Waals surface area contributed by atoms with Gasteiger partial charge < -0.3 is 5.32 Å². The molecule has 2 bridgehead atoms. The number of thioether (sulfide) groups is 1. The summed E-state index contributed by atoms with van der Waals surface area (Å²) in [6.45, 7) is 0. The molecule has 1 amide bonds. The fraction of sp³-hybridized carbons (Fsp3) is 0.333. The second kappa shape index (κ2) is 9.61. The van der Waals surface area contributed by atoms with E-state index < -0.39 is 0 Å². The summed E-state index contributed by atoms with van der Waals surface area (Å²) < 4.78 is 2.00. The van der Waals surface area contributed by atoms with E-state index >= 15 is 0 Å². The fourth-order valence-electron chi connectivity index (χ4n) is 4.78. The summed E-state index contributed by atoms with van der Waals surface area (Å²) >= 11 is 8.31. The van der Waals surface area contributed by atoms with Crippen LogP contribution in [-0.2, 0) is 4.79 Å². The molecule has 32 heavy (non-hydrogen) atoms. The van der Waals surface area contributed by atoms with Gasteiger partial charge >= 0.3 is 0 Å². The molecule has 2 fully saturated rings. The Balaban J connectivity index is 1.35. The van der Waals surface area contributed by atoms with Gasteiger partial charge in [-0.25, -0.2) is 4.98 Å². The summed E-state index contributed by atoms with van der Waals surface area (Å²) in [4.78, 5) is 17.3. The maximum atomic E-state index is 12.5. The highest BCUT2D eigenvalue weighted by Crippen LogP contribution is 2.44. The number of nitrogens with one attached hydrogen (secondary N) is 1. The van der Waals surface area contributed by atoms with Gasteiger partial charge in [0, 0.05) is 26.1 Å². The fourth-order valence-corrected chi connectivity index (χ4v) is 5.91. The smallest absolute Gasteiger partial charge is 0.230 e. The molecule has 5 rings (SSSR count). The average Bonchev–Trinajstić information content (AvgIpc) is 3.42. The van der Waals surface area contributed by atoms with Crippen LogP contribution in [0.15, 0.2) is 62.6 Å². The lowest BCUT2D eigenvalue weighted by Gasteiger charge is -2.22. The first-order valence-electron chi connectivity index (χ1n) is 10.7. The Morgan fingerprint density at radius 1 is 0.906 bits per heavy atom. The summed E-state index contributed by atoms with van der Waals surface area (Å²) in [5.41, 5.74) is 3.37. The number of amides is 1. The molecule has 2 aliphatic rings. The number of carbonyl (C=O) groups excluding carboxylic acids is 1. The van der Waals surface area contributed by atoms with Crippen LogP contribution in [0.5, 0.6) is 0 Å². The zero-order valence-electron chi connectivity index (χ0n) is 17.3. The zero-order chi connectivity index (χ0) is 22.1. The maximum Gasteiger partial charge on any atom is 0.230 e. The third kappa shape index (κ3) is 4.92. The first-order chi connectivity index (χ1) is 15.5. The molecule has 5 nitrogen and oxygen atoms in total. The van der Waals surface area contributed by atoms with Crippen molar-refractivity contribution in [3.63, 3.8) is 0 Å². The van der Waals surface area contributed by atoms with Crippen LogP contribution in [0.4, 0.5) is 0 Å². The van der Waals surface area contributed by atoms with E-state index in [9.17, 15) is 4.79 Å². The van der Waals surface area contributed by atoms with Crippen molar-refractivity contribution in [2.75, 3.05) is 5.75 Å². The van der Waals surface area contributed by atoms with Crippen molar-refractivity contribution < 1.29 is 4.79 Å². The summed E-state index contributed by atoms with van der Waals surface area (Å²) in [7, 11) is 0. The predicted octanol–water partition coefficient (Wildman–Crippen LogP) is 6.13. The highest BCUT2D eigenvalue weighted by Gasteiger charge is 2.40. The van der Waals surface area contributed by atoms with Crippen molar-refractivity contribution in [3.05, 3.63) is 57.5 Å². The lowest BCUT2D eigenvalue weighted by Crippen LogP contribution is -2.39. The molecule has 3 aromatic rings. The minimum absolute atomic E-state index is 0.0540. The van der Waals surface area contributed by atoms with E-state index in [1.165, 1.54) is 31.0 Å². The van der Waals surface area contributed by atoms with Crippen LogP contribution < -0.4 is 5.32 Å². The second-order valence-electron chi connectivity index (χ2n) is 8.44. The molecule has 1 heterocycles. The van der Waals surface area contributed by atoms with Crippen molar-refractivity contribution in [1.29, 1.82) is 0 Å². The van der Waals surface area contributed by atoms with Gasteiger partial charge in [0.25, 0.3) is 0 Å². The summed E-state index contributed by atoms with van der Waals surface area (Å²) in [6, 6.07) is 16.3. The van der Waals surface area contributed by atoms with Crippen molar-refractivity contribution in [3.8, 4) is 22.5 Å². The average molecular weight is 574 g/mol. The van der Waals surface area contributed by atoms with Gasteiger partial charge in [-0.15, -0.1) is 10.2 Å². The summed E-state index contributed by atoms with van der Waals surface area (Å²) in [5.74, 6) is 1.83. The Bertz CT molecular complexity index is 1120. The molecular formula is C24H22Br2N4OS. The Morgan fingerprint density at radius 3 is 2.16 bits per heavy atom. The Labute approximate surface area is 208 Å². The van der Waals surface area contributed by atoms with Crippen molar-refractivity contribution >= 4 is 49.5 Å². The SMILES string of the molecule is O=C(CSc1nnc(-c2ccc(Br)cc2)c(-c2ccc(Br)cc2)n1)N[C@@H]1C[C@H]2CC[C@H]1C2. The van der Waals surface area contributed by atoms with Crippen LogP contribution in [0.2, 0.25) is 0 Å². The molecule has 2 aliphatic carbocycles. The van der Waals surface area contributed by atoms with Crippen LogP contribution in [0.1, 0.15) is 25.7 Å². The molecule has 1 aromatic heterocycles. The van der Waals surface area contributed by atoms with Crippen LogP contribution in [0.3, 0.4) is 0 Å². The van der Waals surface area contributed by atoms with Crippen molar-refractivity contribution in [2.24, 2.45) is 11.8 Å². The highest BCUT2D eigenvalue weighted by atomic mass is 79.9. The maximum absolute atomic E-state index is 12.5. The molecule has 0 saturated heterocycles. The van der Waals surface area contributed by atoms with Crippen LogP contribution >= 0.6 is 43.6 Å². The topological polar surface area (TPSA) is 67.8 Å². The summed E-state index contributed by atoms with van der Waals surface area (Å²) in [5, 5.41) is 12.6. The number of nitrogens with zero attached hydrogens (tertiary/aromatic N) is 3. The number of aromatic nitrogens is 3. The highest BCUT2D eigenvalue weighted by molar-refractivity contribution is 9.10. The van der Waals surface area contributed by atoms with E-state index in [0.29, 0.717) is 22.9 Å². The van der Waals surface area contributed by atoms with E-state index in [2.05, 4.69) is 47.4 Å². The molecule has 3 atom stereocenters. The standard InChI is InChI=1S/C24H22Br2N4OS/c25-18-7-3-15(4-8-18)22-23(16-5-9-19(26)10-6-16)29-30-24(28-22)32-13-21(31)27-20-12-14-1-2-17(20)11-14/h3-10,14,17,20H,1-2,11-13H2,(H,27,31)/t14-,17-,20+/m0/s1. The molecule has 164 valence electrons. The summed E-state index contributed by atoms with van der Waals surface area (Å²) in [6.07, 6.45) is 4.99. The third-order valence-electron chi connectivity index (χ3n) is 6.32. The van der Waals surface area contributed by atoms with Gasteiger partial charge in [-0.2, -0.15) is 0 Å². The van der Waals surface area contributed by atoms with Gasteiger partial charge in [0.05, 0.1) is 5.75 Å². The quantitative estimate of drug-likeness (QED) is 0.359. The van der Waals surface area contributed by atoms with Crippen LogP contribution in [0, 0.1) is 11.8 Å². The zero-order valence-corrected chi connectivity index (χ0v) is 21.3. The van der Waals surface area contributed by atoms with E-state index in [0.717, 1.165) is 43.8 Å². The largest absolute Gasteiger partial charge is 0.352 e.